The van der Waals surface area contributed by atoms with Crippen LogP contribution in [0.25, 0.3) is 0 Å². The van der Waals surface area contributed by atoms with E-state index in [0.29, 0.717) is 6.54 Å². The molecule has 1 atom stereocenters. The highest BCUT2D eigenvalue weighted by molar-refractivity contribution is 7.13. The summed E-state index contributed by atoms with van der Waals surface area (Å²) in [6, 6.07) is 3.81. The second kappa shape index (κ2) is 6.01. The van der Waals surface area contributed by atoms with Crippen LogP contribution in [-0.2, 0) is 0 Å². The summed E-state index contributed by atoms with van der Waals surface area (Å²) >= 11 is 1.50. The van der Waals surface area contributed by atoms with Crippen LogP contribution in [-0.4, -0.2) is 18.5 Å². The monoisotopic (exact) mass is 234 g/mol. The van der Waals surface area contributed by atoms with Crippen LogP contribution in [0.1, 0.15) is 21.5 Å². The summed E-state index contributed by atoms with van der Waals surface area (Å²) in [7, 11) is 0. The van der Waals surface area contributed by atoms with Gasteiger partial charge in [0.1, 0.15) is 0 Å². The van der Waals surface area contributed by atoms with E-state index in [1.165, 1.54) is 11.3 Å². The van der Waals surface area contributed by atoms with Crippen molar-refractivity contribution in [2.75, 3.05) is 6.54 Å². The summed E-state index contributed by atoms with van der Waals surface area (Å²) in [5.74, 6) is -0.0314. The number of hydrogen-bond donors (Lipinski definition) is 2. The fraction of sp³-hybridized carbons (Fsp3) is 0.444. The highest BCUT2D eigenvalue weighted by Crippen LogP contribution is 2.14. The van der Waals surface area contributed by atoms with E-state index in [1.807, 2.05) is 26.0 Å². The van der Waals surface area contributed by atoms with Crippen molar-refractivity contribution in [2.24, 2.45) is 5.73 Å². The molecule has 0 unspecified atom stereocenters. The molecule has 14 heavy (non-hydrogen) atoms. The lowest BCUT2D eigenvalue weighted by atomic mass is 10.3. The molecule has 0 saturated heterocycles. The minimum absolute atomic E-state index is 0. The van der Waals surface area contributed by atoms with Crippen molar-refractivity contribution < 1.29 is 4.79 Å². The lowest BCUT2D eigenvalue weighted by Crippen LogP contribution is -2.37. The van der Waals surface area contributed by atoms with Crippen molar-refractivity contribution in [3.05, 3.63) is 21.9 Å². The van der Waals surface area contributed by atoms with E-state index in [1.54, 1.807) is 0 Å². The van der Waals surface area contributed by atoms with E-state index in [2.05, 4.69) is 5.32 Å². The Bertz CT molecular complexity index is 301. The Morgan fingerprint density at radius 3 is 2.71 bits per heavy atom. The van der Waals surface area contributed by atoms with E-state index in [4.69, 9.17) is 5.73 Å². The fourth-order valence-corrected chi connectivity index (χ4v) is 1.68. The Hall–Kier alpha value is -0.580. The van der Waals surface area contributed by atoms with Gasteiger partial charge in [0, 0.05) is 17.5 Å². The van der Waals surface area contributed by atoms with E-state index < -0.39 is 0 Å². The number of aryl methyl sites for hydroxylation is 1. The van der Waals surface area contributed by atoms with Gasteiger partial charge in [-0.15, -0.1) is 23.7 Å². The summed E-state index contributed by atoms with van der Waals surface area (Å²) in [5.41, 5.74) is 5.39. The Balaban J connectivity index is 0.00000169. The first-order chi connectivity index (χ1) is 6.13. The molecule has 1 rings (SSSR count). The van der Waals surface area contributed by atoms with Crippen LogP contribution in [0, 0.1) is 6.92 Å². The zero-order valence-electron chi connectivity index (χ0n) is 8.24. The third kappa shape index (κ3) is 3.65. The van der Waals surface area contributed by atoms with Crippen LogP contribution in [0.4, 0.5) is 0 Å². The molecule has 3 nitrogen and oxygen atoms in total. The molecule has 1 aromatic rings. The molecular weight excluding hydrogens is 220 g/mol. The van der Waals surface area contributed by atoms with Crippen molar-refractivity contribution in [1.29, 1.82) is 0 Å². The molecule has 0 aliphatic rings. The first-order valence-corrected chi connectivity index (χ1v) is 5.02. The topological polar surface area (TPSA) is 55.1 Å². The Labute approximate surface area is 94.1 Å². The molecule has 0 aromatic carbocycles. The number of thiophene rings is 1. The smallest absolute Gasteiger partial charge is 0.261 e. The summed E-state index contributed by atoms with van der Waals surface area (Å²) in [6.07, 6.45) is 0. The third-order valence-electron chi connectivity index (χ3n) is 1.70. The molecule has 0 fully saturated rings. The summed E-state index contributed by atoms with van der Waals surface area (Å²) < 4.78 is 0. The van der Waals surface area contributed by atoms with Gasteiger partial charge in [-0.1, -0.05) is 0 Å². The number of carbonyl (C=O) groups is 1. The van der Waals surface area contributed by atoms with Gasteiger partial charge in [0.25, 0.3) is 5.91 Å². The molecule has 0 bridgehead atoms. The average molecular weight is 235 g/mol. The lowest BCUT2D eigenvalue weighted by molar-refractivity contribution is 0.0945. The van der Waals surface area contributed by atoms with Crippen molar-refractivity contribution in [1.82, 2.24) is 5.32 Å². The highest BCUT2D eigenvalue weighted by Gasteiger charge is 2.09. The fourth-order valence-electron chi connectivity index (χ4n) is 0.910. The maximum absolute atomic E-state index is 11.5. The van der Waals surface area contributed by atoms with Gasteiger partial charge in [0.05, 0.1) is 4.88 Å². The Kier molecular flexibility index (Phi) is 5.76. The molecular formula is C9H15ClN2OS. The number of halogens is 1. The van der Waals surface area contributed by atoms with Gasteiger partial charge in [0.15, 0.2) is 0 Å². The second-order valence-corrected chi connectivity index (χ2v) is 4.31. The summed E-state index contributed by atoms with van der Waals surface area (Å²) in [4.78, 5) is 13.4. The summed E-state index contributed by atoms with van der Waals surface area (Å²) in [5, 5.41) is 2.81. The van der Waals surface area contributed by atoms with Crippen molar-refractivity contribution >= 4 is 29.7 Å². The van der Waals surface area contributed by atoms with E-state index >= 15 is 0 Å². The molecule has 5 heteroatoms. The Morgan fingerprint density at radius 1 is 1.64 bits per heavy atom. The van der Waals surface area contributed by atoms with Gasteiger partial charge in [-0.25, -0.2) is 0 Å². The number of carbonyl (C=O) groups excluding carboxylic acids is 1. The molecule has 0 saturated carbocycles. The van der Waals surface area contributed by atoms with Crippen molar-refractivity contribution in [3.63, 3.8) is 0 Å². The van der Waals surface area contributed by atoms with Crippen LogP contribution in [0.5, 0.6) is 0 Å². The number of rotatable bonds is 3. The number of nitrogens with one attached hydrogen (secondary N) is 1. The number of hydrogen-bond acceptors (Lipinski definition) is 3. The Morgan fingerprint density at radius 2 is 2.29 bits per heavy atom. The quantitative estimate of drug-likeness (QED) is 0.834. The predicted molar refractivity (Wildman–Crippen MR) is 62.3 cm³/mol. The average Bonchev–Trinajstić information content (AvgIpc) is 2.51. The normalized spacial score (nSPS) is 11.6. The van der Waals surface area contributed by atoms with Gasteiger partial charge in [-0.2, -0.15) is 0 Å². The predicted octanol–water partition coefficient (Wildman–Crippen LogP) is 1.56. The zero-order valence-corrected chi connectivity index (χ0v) is 9.87. The van der Waals surface area contributed by atoms with Crippen LogP contribution >= 0.6 is 23.7 Å². The standard InChI is InChI=1S/C9H14N2OS.ClH/c1-6(5-10)11-9(12)8-4-3-7(2)13-8;/h3-4,6H,5,10H2,1-2H3,(H,11,12);1H/t6-;/m0./s1. The summed E-state index contributed by atoms with van der Waals surface area (Å²) in [6.45, 7) is 4.34. The zero-order chi connectivity index (χ0) is 9.84. The molecule has 0 spiro atoms. The lowest BCUT2D eigenvalue weighted by Gasteiger charge is -2.09. The number of amides is 1. The van der Waals surface area contributed by atoms with Crippen LogP contribution in [0.15, 0.2) is 12.1 Å². The van der Waals surface area contributed by atoms with Crippen LogP contribution in [0.2, 0.25) is 0 Å². The maximum atomic E-state index is 11.5. The first-order valence-electron chi connectivity index (χ1n) is 4.21. The molecule has 1 heterocycles. The van der Waals surface area contributed by atoms with Crippen molar-refractivity contribution in [2.45, 2.75) is 19.9 Å². The molecule has 1 amide bonds. The van der Waals surface area contributed by atoms with Gasteiger partial charge in [0.2, 0.25) is 0 Å². The molecule has 1 aromatic heterocycles. The highest BCUT2D eigenvalue weighted by atomic mass is 35.5. The molecule has 0 aliphatic carbocycles. The van der Waals surface area contributed by atoms with E-state index in [-0.39, 0.29) is 24.4 Å². The van der Waals surface area contributed by atoms with E-state index in [0.717, 1.165) is 9.75 Å². The minimum Gasteiger partial charge on any atom is -0.348 e. The van der Waals surface area contributed by atoms with Crippen molar-refractivity contribution in [3.8, 4) is 0 Å². The van der Waals surface area contributed by atoms with Gasteiger partial charge in [-0.05, 0) is 26.0 Å². The minimum atomic E-state index is -0.0314. The molecule has 0 radical (unpaired) electrons. The van der Waals surface area contributed by atoms with Gasteiger partial charge >= 0.3 is 0 Å². The molecule has 80 valence electrons. The third-order valence-corrected chi connectivity index (χ3v) is 2.69. The van der Waals surface area contributed by atoms with Crippen LogP contribution < -0.4 is 11.1 Å². The maximum Gasteiger partial charge on any atom is 0.261 e. The largest absolute Gasteiger partial charge is 0.348 e. The van der Waals surface area contributed by atoms with Gasteiger partial charge < -0.3 is 11.1 Å². The van der Waals surface area contributed by atoms with E-state index in [9.17, 15) is 4.79 Å². The first kappa shape index (κ1) is 13.4. The van der Waals surface area contributed by atoms with Crippen LogP contribution in [0.3, 0.4) is 0 Å². The van der Waals surface area contributed by atoms with Gasteiger partial charge in [-0.3, -0.25) is 4.79 Å². The SMILES string of the molecule is Cc1ccc(C(=O)N[C@@H](C)CN)s1.Cl. The molecule has 0 aliphatic heterocycles. The molecule has 3 N–H and O–H groups in total. The second-order valence-electron chi connectivity index (χ2n) is 3.02. The number of nitrogens with two attached hydrogens (primary N) is 1.